The van der Waals surface area contributed by atoms with Gasteiger partial charge in [0.25, 0.3) is 0 Å². The Morgan fingerprint density at radius 2 is 2.41 bits per heavy atom. The summed E-state index contributed by atoms with van der Waals surface area (Å²) in [4.78, 5) is 11.0. The minimum Gasteiger partial charge on any atom is -0.478 e. The second-order valence-corrected chi connectivity index (χ2v) is 4.36. The highest BCUT2D eigenvalue weighted by Crippen LogP contribution is 2.37. The lowest BCUT2D eigenvalue weighted by atomic mass is 9.85. The molecule has 2 heterocycles. The van der Waals surface area contributed by atoms with Gasteiger partial charge in [-0.3, -0.25) is 0 Å². The number of hydrogen-bond donors (Lipinski definition) is 2. The first-order valence-corrected chi connectivity index (χ1v) is 5.72. The average molecular weight is 240 g/mol. The molecule has 2 rings (SSSR count). The maximum Gasteiger partial charge on any atom is 0.339 e. The maximum atomic E-state index is 11.0. The van der Waals surface area contributed by atoms with Gasteiger partial charge >= 0.3 is 5.97 Å². The quantitative estimate of drug-likeness (QED) is 0.841. The van der Waals surface area contributed by atoms with Gasteiger partial charge in [0.15, 0.2) is 0 Å². The van der Waals surface area contributed by atoms with Gasteiger partial charge in [0.1, 0.15) is 16.9 Å². The molecule has 2 unspecified atom stereocenters. The molecule has 1 aliphatic heterocycles. The number of furan rings is 1. The topological polar surface area (TPSA) is 79.9 Å². The molecule has 1 aromatic heterocycles. The Balaban J connectivity index is 2.30. The Labute approximate surface area is 99.0 Å². The van der Waals surface area contributed by atoms with Crippen molar-refractivity contribution in [1.82, 2.24) is 0 Å². The summed E-state index contributed by atoms with van der Waals surface area (Å²) in [6.45, 7) is 2.38. The van der Waals surface area contributed by atoms with Gasteiger partial charge in [-0.05, 0) is 12.5 Å². The smallest absolute Gasteiger partial charge is 0.339 e. The van der Waals surface area contributed by atoms with Gasteiger partial charge in [0, 0.05) is 12.8 Å². The maximum absolute atomic E-state index is 11.0. The van der Waals surface area contributed by atoms with Crippen molar-refractivity contribution in [2.75, 3.05) is 6.61 Å². The molecule has 0 spiro atoms. The van der Waals surface area contributed by atoms with Crippen molar-refractivity contribution in [3.63, 3.8) is 0 Å². The largest absolute Gasteiger partial charge is 0.478 e. The Morgan fingerprint density at radius 3 is 3.06 bits per heavy atom. The first-order chi connectivity index (χ1) is 8.07. The summed E-state index contributed by atoms with van der Waals surface area (Å²) in [5, 5.41) is 19.5. The van der Waals surface area contributed by atoms with E-state index in [4.69, 9.17) is 14.3 Å². The number of carbonyl (C=O) groups is 1. The second-order valence-electron chi connectivity index (χ2n) is 4.36. The lowest BCUT2D eigenvalue weighted by molar-refractivity contribution is -0.118. The first kappa shape index (κ1) is 12.1. The number of rotatable bonds is 3. The van der Waals surface area contributed by atoms with Gasteiger partial charge in [-0.1, -0.05) is 6.92 Å². The number of aromatic carboxylic acids is 1. The van der Waals surface area contributed by atoms with Gasteiger partial charge in [-0.25, -0.2) is 4.79 Å². The predicted molar refractivity (Wildman–Crippen MR) is 58.8 cm³/mol. The van der Waals surface area contributed by atoms with Crippen molar-refractivity contribution in [2.45, 2.75) is 37.9 Å². The molecule has 2 atom stereocenters. The van der Waals surface area contributed by atoms with Gasteiger partial charge in [0.2, 0.25) is 0 Å². The average Bonchev–Trinajstić information content (AvgIpc) is 2.78. The van der Waals surface area contributed by atoms with Gasteiger partial charge < -0.3 is 19.4 Å². The highest BCUT2D eigenvalue weighted by atomic mass is 16.5. The molecule has 0 saturated carbocycles. The van der Waals surface area contributed by atoms with E-state index in [-0.39, 0.29) is 17.4 Å². The highest BCUT2D eigenvalue weighted by molar-refractivity contribution is 5.89. The molecule has 0 bridgehead atoms. The minimum absolute atomic E-state index is 0.0317. The fourth-order valence-electron chi connectivity index (χ4n) is 2.24. The molecule has 1 aliphatic rings. The van der Waals surface area contributed by atoms with Crippen molar-refractivity contribution < 1.29 is 24.2 Å². The summed E-state index contributed by atoms with van der Waals surface area (Å²) >= 11 is 0. The Kier molecular flexibility index (Phi) is 3.22. The molecular weight excluding hydrogens is 224 g/mol. The number of aliphatic hydroxyl groups is 1. The zero-order valence-corrected chi connectivity index (χ0v) is 9.68. The van der Waals surface area contributed by atoms with Crippen LogP contribution in [-0.2, 0) is 10.3 Å². The van der Waals surface area contributed by atoms with Crippen molar-refractivity contribution in [1.29, 1.82) is 0 Å². The summed E-state index contributed by atoms with van der Waals surface area (Å²) in [6, 6.07) is 1.37. The lowest BCUT2D eigenvalue weighted by Gasteiger charge is -2.35. The zero-order chi connectivity index (χ0) is 12.5. The van der Waals surface area contributed by atoms with Crippen molar-refractivity contribution in [3.8, 4) is 0 Å². The minimum atomic E-state index is -1.23. The van der Waals surface area contributed by atoms with Crippen LogP contribution < -0.4 is 0 Å². The molecule has 1 aromatic rings. The van der Waals surface area contributed by atoms with E-state index in [2.05, 4.69) is 0 Å². The molecule has 94 valence electrons. The zero-order valence-electron chi connectivity index (χ0n) is 9.68. The fourth-order valence-corrected chi connectivity index (χ4v) is 2.24. The molecule has 1 fully saturated rings. The van der Waals surface area contributed by atoms with E-state index in [0.717, 1.165) is 6.42 Å². The van der Waals surface area contributed by atoms with Crippen LogP contribution in [0.25, 0.3) is 0 Å². The molecule has 5 nitrogen and oxygen atoms in total. The van der Waals surface area contributed by atoms with E-state index in [1.165, 1.54) is 12.3 Å². The molecule has 5 heteroatoms. The van der Waals surface area contributed by atoms with Crippen molar-refractivity contribution in [2.24, 2.45) is 0 Å². The summed E-state index contributed by atoms with van der Waals surface area (Å²) in [7, 11) is 0. The monoisotopic (exact) mass is 240 g/mol. The normalized spacial score (nSPS) is 29.2. The first-order valence-electron chi connectivity index (χ1n) is 5.72. The van der Waals surface area contributed by atoms with Crippen molar-refractivity contribution >= 4 is 5.97 Å². The SMILES string of the molecule is CCC1CC(O)(c2occc2C(=O)O)CCO1. The van der Waals surface area contributed by atoms with Gasteiger partial charge in [-0.2, -0.15) is 0 Å². The summed E-state index contributed by atoms with van der Waals surface area (Å²) in [6.07, 6.45) is 2.76. The Bertz CT molecular complexity index is 411. The molecule has 17 heavy (non-hydrogen) atoms. The van der Waals surface area contributed by atoms with Crippen LogP contribution in [0.15, 0.2) is 16.7 Å². The van der Waals surface area contributed by atoms with Crippen LogP contribution in [0.2, 0.25) is 0 Å². The van der Waals surface area contributed by atoms with E-state index >= 15 is 0 Å². The van der Waals surface area contributed by atoms with Crippen LogP contribution in [0.5, 0.6) is 0 Å². The molecule has 0 amide bonds. The van der Waals surface area contributed by atoms with Crippen LogP contribution in [0, 0.1) is 0 Å². The summed E-state index contributed by atoms with van der Waals surface area (Å²) in [5.74, 6) is -0.937. The van der Waals surface area contributed by atoms with Crippen molar-refractivity contribution in [3.05, 3.63) is 23.7 Å². The Hall–Kier alpha value is -1.33. The summed E-state index contributed by atoms with van der Waals surface area (Å²) < 4.78 is 10.6. The summed E-state index contributed by atoms with van der Waals surface area (Å²) in [5.41, 5.74) is -1.19. The third-order valence-corrected chi connectivity index (χ3v) is 3.21. The van der Waals surface area contributed by atoms with E-state index in [1.54, 1.807) is 0 Å². The lowest BCUT2D eigenvalue weighted by Crippen LogP contribution is -2.39. The number of ether oxygens (including phenoxy) is 1. The number of carboxylic acids is 1. The highest BCUT2D eigenvalue weighted by Gasteiger charge is 2.41. The van der Waals surface area contributed by atoms with E-state index in [1.807, 2.05) is 6.92 Å². The van der Waals surface area contributed by atoms with E-state index in [9.17, 15) is 9.90 Å². The standard InChI is InChI=1S/C12H16O5/c1-2-8-7-12(15,4-6-16-8)10-9(11(13)14)3-5-17-10/h3,5,8,15H,2,4,6-7H2,1H3,(H,13,14). The third kappa shape index (κ3) is 2.21. The molecule has 2 N–H and O–H groups in total. The van der Waals surface area contributed by atoms with E-state index < -0.39 is 11.6 Å². The van der Waals surface area contributed by atoms with Crippen LogP contribution in [0.3, 0.4) is 0 Å². The molecule has 0 aliphatic carbocycles. The molecule has 1 saturated heterocycles. The number of hydrogen-bond acceptors (Lipinski definition) is 4. The van der Waals surface area contributed by atoms with Gasteiger partial charge in [-0.15, -0.1) is 0 Å². The van der Waals surface area contributed by atoms with Crippen LogP contribution in [0.4, 0.5) is 0 Å². The van der Waals surface area contributed by atoms with Crippen LogP contribution in [-0.4, -0.2) is 28.9 Å². The predicted octanol–water partition coefficient (Wildman–Crippen LogP) is 1.75. The number of carboxylic acid groups (broad SMARTS) is 1. The molecule has 0 aromatic carbocycles. The van der Waals surface area contributed by atoms with Crippen LogP contribution in [0.1, 0.15) is 42.3 Å². The molecule has 0 radical (unpaired) electrons. The van der Waals surface area contributed by atoms with Crippen LogP contribution >= 0.6 is 0 Å². The second kappa shape index (κ2) is 4.50. The molecular formula is C12H16O5. The third-order valence-electron chi connectivity index (χ3n) is 3.21. The van der Waals surface area contributed by atoms with E-state index in [0.29, 0.717) is 19.4 Å². The van der Waals surface area contributed by atoms with Gasteiger partial charge in [0.05, 0.1) is 19.0 Å². The fraction of sp³-hybridized carbons (Fsp3) is 0.583. The Morgan fingerprint density at radius 1 is 1.65 bits per heavy atom.